The van der Waals surface area contributed by atoms with Gasteiger partial charge in [0.25, 0.3) is 15.9 Å². The Morgan fingerprint density at radius 3 is 2.43 bits per heavy atom. The molecule has 1 saturated carbocycles. The van der Waals surface area contributed by atoms with Crippen molar-refractivity contribution in [1.29, 1.82) is 0 Å². The summed E-state index contributed by atoms with van der Waals surface area (Å²) in [4.78, 5) is 30.8. The Morgan fingerprint density at radius 2 is 1.76 bits per heavy atom. The molecule has 2 aromatic rings. The number of hydrogen-bond acceptors (Lipinski definition) is 8. The van der Waals surface area contributed by atoms with Crippen molar-refractivity contribution in [1.82, 2.24) is 15.1 Å². The predicted molar refractivity (Wildman–Crippen MR) is 189 cm³/mol. The van der Waals surface area contributed by atoms with Crippen molar-refractivity contribution in [2.75, 3.05) is 45.2 Å². The van der Waals surface area contributed by atoms with E-state index in [0.29, 0.717) is 31.1 Å². The smallest absolute Gasteiger partial charge is 0.317 e. The second-order valence-electron chi connectivity index (χ2n) is 13.5. The standard InChI is InChI=1S/C36H54N4O8S/c1-25-22-40(26(2)24-41)35(42)32-21-29(38-49(44,45)31-17-15-30(46-5)16-18-31)14-19-33(32)48-27(3)11-9-10-20-47-34(25)23-39(4)36(43)37-28-12-7-6-8-13-28/h14-19,21,25-28,34,38,41H,6-13,20,22-24H2,1-5H3,(H,37,43)/t25-,26-,27+,34+/m1/s1. The summed E-state index contributed by atoms with van der Waals surface area (Å²) in [6, 6.07) is 10.1. The highest BCUT2D eigenvalue weighted by molar-refractivity contribution is 7.92. The number of benzene rings is 2. The van der Waals surface area contributed by atoms with Crippen molar-refractivity contribution >= 4 is 27.6 Å². The molecular formula is C36H54N4O8S. The third-order valence-corrected chi connectivity index (χ3v) is 10.8. The summed E-state index contributed by atoms with van der Waals surface area (Å²) in [6.07, 6.45) is 7.14. The Labute approximate surface area is 291 Å². The summed E-state index contributed by atoms with van der Waals surface area (Å²) in [5.74, 6) is 0.222. The summed E-state index contributed by atoms with van der Waals surface area (Å²) >= 11 is 0. The zero-order valence-electron chi connectivity index (χ0n) is 29.5. The molecule has 4 atom stereocenters. The van der Waals surface area contributed by atoms with Crippen LogP contribution in [0.5, 0.6) is 11.5 Å². The summed E-state index contributed by atoms with van der Waals surface area (Å²) in [7, 11) is -0.718. The van der Waals surface area contributed by atoms with Gasteiger partial charge in [-0.05, 0) is 88.4 Å². The number of sulfonamides is 1. The zero-order valence-corrected chi connectivity index (χ0v) is 30.3. The van der Waals surface area contributed by atoms with Crippen LogP contribution in [0.4, 0.5) is 10.5 Å². The predicted octanol–water partition coefficient (Wildman–Crippen LogP) is 5.27. The van der Waals surface area contributed by atoms with Crippen LogP contribution < -0.4 is 19.5 Å². The van der Waals surface area contributed by atoms with E-state index in [1.807, 2.05) is 13.8 Å². The summed E-state index contributed by atoms with van der Waals surface area (Å²) in [5.41, 5.74) is 0.365. The molecule has 13 heteroatoms. The summed E-state index contributed by atoms with van der Waals surface area (Å²) in [6.45, 7) is 6.43. The number of rotatable bonds is 9. The highest BCUT2D eigenvalue weighted by Gasteiger charge is 2.31. The fourth-order valence-corrected chi connectivity index (χ4v) is 7.35. The molecule has 2 aromatic carbocycles. The Hall–Kier alpha value is -3.55. The maximum Gasteiger partial charge on any atom is 0.317 e. The Balaban J connectivity index is 1.61. The van der Waals surface area contributed by atoms with Gasteiger partial charge in [0.2, 0.25) is 0 Å². The maximum absolute atomic E-state index is 14.4. The van der Waals surface area contributed by atoms with Crippen LogP contribution in [0.3, 0.4) is 0 Å². The van der Waals surface area contributed by atoms with E-state index >= 15 is 0 Å². The lowest BCUT2D eigenvalue weighted by Crippen LogP contribution is -2.50. The third-order valence-electron chi connectivity index (χ3n) is 9.41. The number of carbonyl (C=O) groups excluding carboxylic acids is 2. The number of anilines is 1. The molecule has 0 saturated heterocycles. The average Bonchev–Trinajstić information content (AvgIpc) is 3.09. The van der Waals surface area contributed by atoms with Crippen LogP contribution in [0.2, 0.25) is 0 Å². The number of ether oxygens (including phenoxy) is 3. The van der Waals surface area contributed by atoms with Crippen LogP contribution in [0, 0.1) is 5.92 Å². The molecule has 1 heterocycles. The van der Waals surface area contributed by atoms with Crippen LogP contribution in [0.15, 0.2) is 47.4 Å². The molecule has 1 fully saturated rings. The van der Waals surface area contributed by atoms with Gasteiger partial charge in [-0.1, -0.05) is 26.2 Å². The molecule has 0 radical (unpaired) electrons. The second-order valence-corrected chi connectivity index (χ2v) is 15.1. The monoisotopic (exact) mass is 702 g/mol. The first-order valence-electron chi connectivity index (χ1n) is 17.4. The van der Waals surface area contributed by atoms with Crippen molar-refractivity contribution in [3.05, 3.63) is 48.0 Å². The van der Waals surface area contributed by atoms with Gasteiger partial charge in [-0.15, -0.1) is 0 Å². The van der Waals surface area contributed by atoms with E-state index in [2.05, 4.69) is 10.0 Å². The van der Waals surface area contributed by atoms with Crippen molar-refractivity contribution in [3.63, 3.8) is 0 Å². The van der Waals surface area contributed by atoms with Crippen molar-refractivity contribution in [2.45, 2.75) is 101 Å². The van der Waals surface area contributed by atoms with Crippen LogP contribution in [-0.2, 0) is 14.8 Å². The maximum atomic E-state index is 14.4. The SMILES string of the molecule is COc1ccc(S(=O)(=O)Nc2ccc3c(c2)C(=O)N([C@H](C)CO)C[C@@H](C)[C@H](CN(C)C(=O)NC2CCCCC2)OCCCC[C@H](C)O3)cc1. The largest absolute Gasteiger partial charge is 0.497 e. The highest BCUT2D eigenvalue weighted by atomic mass is 32.2. The van der Waals surface area contributed by atoms with Gasteiger partial charge in [0, 0.05) is 44.4 Å². The van der Waals surface area contributed by atoms with Gasteiger partial charge in [0.05, 0.1) is 42.4 Å². The van der Waals surface area contributed by atoms with E-state index in [1.165, 1.54) is 31.7 Å². The number of methoxy groups -OCH3 is 1. The molecule has 12 nitrogen and oxygen atoms in total. The Bertz CT molecular complexity index is 1480. The second kappa shape index (κ2) is 17.9. The molecule has 272 valence electrons. The molecule has 1 aliphatic carbocycles. The first-order chi connectivity index (χ1) is 23.4. The molecule has 4 rings (SSSR count). The van der Waals surface area contributed by atoms with Gasteiger partial charge in [0.15, 0.2) is 0 Å². The van der Waals surface area contributed by atoms with Gasteiger partial charge >= 0.3 is 6.03 Å². The third kappa shape index (κ3) is 10.7. The average molecular weight is 703 g/mol. The first kappa shape index (κ1) is 38.3. The van der Waals surface area contributed by atoms with Crippen molar-refractivity contribution in [2.24, 2.45) is 5.92 Å². The van der Waals surface area contributed by atoms with Gasteiger partial charge in [-0.3, -0.25) is 9.52 Å². The Kier molecular flexibility index (Phi) is 14.0. The minimum absolute atomic E-state index is 0.0392. The lowest BCUT2D eigenvalue weighted by atomic mass is 9.96. The van der Waals surface area contributed by atoms with Gasteiger partial charge in [-0.2, -0.15) is 0 Å². The molecule has 49 heavy (non-hydrogen) atoms. The number of amides is 3. The number of urea groups is 1. The van der Waals surface area contributed by atoms with Crippen molar-refractivity contribution < 1.29 is 37.3 Å². The summed E-state index contributed by atoms with van der Waals surface area (Å²) in [5, 5.41) is 13.4. The normalized spacial score (nSPS) is 22.2. The van der Waals surface area contributed by atoms with Crippen LogP contribution in [0.25, 0.3) is 0 Å². The minimum Gasteiger partial charge on any atom is -0.497 e. The number of nitrogens with zero attached hydrogens (tertiary/aromatic N) is 2. The minimum atomic E-state index is -3.99. The quantitative estimate of drug-likeness (QED) is 0.321. The van der Waals surface area contributed by atoms with Crippen molar-refractivity contribution in [3.8, 4) is 11.5 Å². The molecule has 3 amide bonds. The lowest BCUT2D eigenvalue weighted by molar-refractivity contribution is -0.0123. The van der Waals surface area contributed by atoms with E-state index in [0.717, 1.165) is 38.5 Å². The van der Waals surface area contributed by atoms with E-state index in [4.69, 9.17) is 14.2 Å². The van der Waals surface area contributed by atoms with Gasteiger partial charge in [-0.25, -0.2) is 13.2 Å². The molecule has 0 spiro atoms. The Morgan fingerprint density at radius 1 is 1.06 bits per heavy atom. The van der Waals surface area contributed by atoms with Gasteiger partial charge < -0.3 is 34.4 Å². The molecule has 0 aromatic heterocycles. The number of hydrogen-bond donors (Lipinski definition) is 3. The van der Waals surface area contributed by atoms with E-state index in [1.54, 1.807) is 48.0 Å². The lowest BCUT2D eigenvalue weighted by Gasteiger charge is -2.36. The molecular weight excluding hydrogens is 648 g/mol. The number of aliphatic hydroxyl groups excluding tert-OH is 1. The van der Waals surface area contributed by atoms with Crippen LogP contribution >= 0.6 is 0 Å². The molecule has 2 aliphatic rings. The van der Waals surface area contributed by atoms with E-state index in [9.17, 15) is 23.1 Å². The number of nitrogens with one attached hydrogen (secondary N) is 2. The number of carbonyl (C=O) groups is 2. The topological polar surface area (TPSA) is 147 Å². The molecule has 0 bridgehead atoms. The fourth-order valence-electron chi connectivity index (χ4n) is 6.30. The molecule has 3 N–H and O–H groups in total. The zero-order chi connectivity index (χ0) is 35.6. The van der Waals surface area contributed by atoms with Gasteiger partial charge in [0.1, 0.15) is 11.5 Å². The first-order valence-corrected chi connectivity index (χ1v) is 18.9. The van der Waals surface area contributed by atoms with E-state index in [-0.39, 0.29) is 59.5 Å². The fraction of sp³-hybridized carbons (Fsp3) is 0.611. The molecule has 1 aliphatic heterocycles. The number of aliphatic hydroxyl groups is 1. The van der Waals surface area contributed by atoms with Crippen LogP contribution in [0.1, 0.15) is 82.5 Å². The molecule has 0 unspecified atom stereocenters. The summed E-state index contributed by atoms with van der Waals surface area (Å²) < 4.78 is 46.9. The number of likely N-dealkylation sites (N-methyl/N-ethyl adjacent to an activating group) is 1. The highest BCUT2D eigenvalue weighted by Crippen LogP contribution is 2.30. The van der Waals surface area contributed by atoms with Crippen LogP contribution in [-0.4, -0.2) is 100 Å². The van der Waals surface area contributed by atoms with E-state index < -0.39 is 22.0 Å². The number of fused-ring (bicyclic) bond motifs is 1.